The summed E-state index contributed by atoms with van der Waals surface area (Å²) in [6, 6.07) is 0.567. The van der Waals surface area contributed by atoms with Gasteiger partial charge < -0.3 is 9.84 Å². The lowest BCUT2D eigenvalue weighted by molar-refractivity contribution is -0.131. The van der Waals surface area contributed by atoms with Gasteiger partial charge in [-0.2, -0.15) is 0 Å². The van der Waals surface area contributed by atoms with Gasteiger partial charge >= 0.3 is 0 Å². The van der Waals surface area contributed by atoms with Crippen LogP contribution >= 0.6 is 0 Å². The lowest BCUT2D eigenvalue weighted by atomic mass is 9.99. The Kier molecular flexibility index (Phi) is 4.95. The highest BCUT2D eigenvalue weighted by Gasteiger charge is 2.30. The van der Waals surface area contributed by atoms with Crippen molar-refractivity contribution in [1.29, 1.82) is 0 Å². The largest absolute Gasteiger partial charge is 0.396 e. The van der Waals surface area contributed by atoms with Crippen molar-refractivity contribution in [3.8, 4) is 0 Å². The number of aliphatic hydroxyl groups excluding tert-OH is 1. The molecule has 0 aromatic rings. The zero-order valence-corrected chi connectivity index (χ0v) is 10.4. The summed E-state index contributed by atoms with van der Waals surface area (Å²) in [6.45, 7) is 3.43. The zero-order valence-electron chi connectivity index (χ0n) is 10.4. The van der Waals surface area contributed by atoms with E-state index >= 15 is 0 Å². The topological polar surface area (TPSA) is 49.8 Å². The number of Topliss-reactive ketones (excluding diaryl/α,β-unsaturated/α-hetero) is 1. The third-order valence-corrected chi connectivity index (χ3v) is 3.92. The maximum atomic E-state index is 11.8. The standard InChI is InChI=1S/C13H23NO3/c15-7-2-4-12-3-1-6-14(12)9-11-10-17-8-5-13(11)16/h11-12,15H,1-10H2. The molecular formula is C13H23NO3. The van der Waals surface area contributed by atoms with Crippen LogP contribution in [0.2, 0.25) is 0 Å². The number of ether oxygens (including phenoxy) is 1. The number of likely N-dealkylation sites (tertiary alicyclic amines) is 1. The highest BCUT2D eigenvalue weighted by atomic mass is 16.5. The van der Waals surface area contributed by atoms with Gasteiger partial charge in [0.1, 0.15) is 5.78 Å². The predicted molar refractivity (Wildman–Crippen MR) is 64.8 cm³/mol. The molecule has 2 aliphatic rings. The summed E-state index contributed by atoms with van der Waals surface area (Å²) < 4.78 is 5.39. The molecule has 0 spiro atoms. The third-order valence-electron chi connectivity index (χ3n) is 3.92. The molecule has 0 aromatic carbocycles. The summed E-state index contributed by atoms with van der Waals surface area (Å²) in [6.07, 6.45) is 4.94. The van der Waals surface area contributed by atoms with Gasteiger partial charge in [-0.05, 0) is 32.2 Å². The highest BCUT2D eigenvalue weighted by Crippen LogP contribution is 2.23. The Hall–Kier alpha value is -0.450. The molecule has 2 atom stereocenters. The molecule has 0 radical (unpaired) electrons. The van der Waals surface area contributed by atoms with Crippen molar-refractivity contribution in [1.82, 2.24) is 4.90 Å². The van der Waals surface area contributed by atoms with Gasteiger partial charge in [0.05, 0.1) is 19.1 Å². The van der Waals surface area contributed by atoms with Crippen molar-refractivity contribution >= 4 is 5.78 Å². The molecule has 4 heteroatoms. The van der Waals surface area contributed by atoms with Gasteiger partial charge in [-0.15, -0.1) is 0 Å². The molecule has 2 aliphatic heterocycles. The number of aliphatic hydroxyl groups is 1. The van der Waals surface area contributed by atoms with Crippen LogP contribution in [0.3, 0.4) is 0 Å². The number of rotatable bonds is 5. The van der Waals surface area contributed by atoms with E-state index in [-0.39, 0.29) is 12.5 Å². The molecule has 2 unspecified atom stereocenters. The Morgan fingerprint density at radius 1 is 1.47 bits per heavy atom. The van der Waals surface area contributed by atoms with E-state index in [0.717, 1.165) is 25.9 Å². The second-order valence-corrected chi connectivity index (χ2v) is 5.14. The Morgan fingerprint density at radius 2 is 2.35 bits per heavy atom. The number of hydrogen-bond acceptors (Lipinski definition) is 4. The summed E-state index contributed by atoms with van der Waals surface area (Å²) >= 11 is 0. The van der Waals surface area contributed by atoms with Crippen molar-refractivity contribution < 1.29 is 14.6 Å². The van der Waals surface area contributed by atoms with Gasteiger partial charge in [-0.3, -0.25) is 9.69 Å². The summed E-state index contributed by atoms with van der Waals surface area (Å²) in [5, 5.41) is 8.88. The lowest BCUT2D eigenvalue weighted by Crippen LogP contribution is -2.40. The fourth-order valence-corrected chi connectivity index (χ4v) is 2.92. The summed E-state index contributed by atoms with van der Waals surface area (Å²) in [4.78, 5) is 14.2. The molecular weight excluding hydrogens is 218 g/mol. The second kappa shape index (κ2) is 6.47. The van der Waals surface area contributed by atoms with Crippen molar-refractivity contribution in [2.24, 2.45) is 5.92 Å². The minimum atomic E-state index is 0.0819. The molecule has 2 fully saturated rings. The normalized spacial score (nSPS) is 31.0. The number of nitrogens with zero attached hydrogens (tertiary/aromatic N) is 1. The molecule has 2 heterocycles. The van der Waals surface area contributed by atoms with Crippen LogP contribution in [0.4, 0.5) is 0 Å². The quantitative estimate of drug-likeness (QED) is 0.774. The number of carbonyl (C=O) groups is 1. The smallest absolute Gasteiger partial charge is 0.141 e. The van der Waals surface area contributed by atoms with Gasteiger partial charge in [0.25, 0.3) is 0 Å². The zero-order chi connectivity index (χ0) is 12.1. The van der Waals surface area contributed by atoms with E-state index in [9.17, 15) is 4.79 Å². The van der Waals surface area contributed by atoms with Crippen LogP contribution in [-0.4, -0.2) is 54.7 Å². The van der Waals surface area contributed by atoms with Gasteiger partial charge in [0.15, 0.2) is 0 Å². The molecule has 2 saturated heterocycles. The first-order valence-electron chi connectivity index (χ1n) is 6.76. The molecule has 0 aliphatic carbocycles. The number of ketones is 1. The Balaban J connectivity index is 1.81. The Bertz CT molecular complexity index is 257. The molecule has 4 nitrogen and oxygen atoms in total. The first-order valence-corrected chi connectivity index (χ1v) is 6.76. The fourth-order valence-electron chi connectivity index (χ4n) is 2.92. The molecule has 98 valence electrons. The van der Waals surface area contributed by atoms with E-state index in [4.69, 9.17) is 9.84 Å². The van der Waals surface area contributed by atoms with E-state index in [1.807, 2.05) is 0 Å². The minimum absolute atomic E-state index is 0.0819. The number of hydrogen-bond donors (Lipinski definition) is 1. The van der Waals surface area contributed by atoms with E-state index in [0.29, 0.717) is 31.5 Å². The molecule has 1 N–H and O–H groups in total. The van der Waals surface area contributed by atoms with Gasteiger partial charge in [-0.25, -0.2) is 0 Å². The summed E-state index contributed by atoms with van der Waals surface area (Å²) in [5.74, 6) is 0.447. The summed E-state index contributed by atoms with van der Waals surface area (Å²) in [7, 11) is 0. The third kappa shape index (κ3) is 3.50. The van der Waals surface area contributed by atoms with Crippen LogP contribution in [0.1, 0.15) is 32.1 Å². The van der Waals surface area contributed by atoms with Crippen molar-refractivity contribution in [2.45, 2.75) is 38.1 Å². The van der Waals surface area contributed by atoms with Gasteiger partial charge in [0, 0.05) is 25.6 Å². The second-order valence-electron chi connectivity index (χ2n) is 5.14. The van der Waals surface area contributed by atoms with E-state index in [2.05, 4.69) is 4.90 Å². The van der Waals surface area contributed by atoms with Crippen LogP contribution in [0.5, 0.6) is 0 Å². The Labute approximate surface area is 103 Å². The molecule has 2 rings (SSSR count). The minimum Gasteiger partial charge on any atom is -0.396 e. The van der Waals surface area contributed by atoms with Crippen LogP contribution in [0.15, 0.2) is 0 Å². The summed E-state index contributed by atoms with van der Waals surface area (Å²) in [5.41, 5.74) is 0. The van der Waals surface area contributed by atoms with Gasteiger partial charge in [-0.1, -0.05) is 0 Å². The highest BCUT2D eigenvalue weighted by molar-refractivity contribution is 5.82. The molecule has 0 saturated carbocycles. The lowest BCUT2D eigenvalue weighted by Gasteiger charge is -2.30. The van der Waals surface area contributed by atoms with Crippen LogP contribution in [0.25, 0.3) is 0 Å². The van der Waals surface area contributed by atoms with E-state index in [1.54, 1.807) is 0 Å². The van der Waals surface area contributed by atoms with Crippen LogP contribution in [0, 0.1) is 5.92 Å². The molecule has 0 aromatic heterocycles. The first kappa shape index (κ1) is 13.0. The van der Waals surface area contributed by atoms with Crippen LogP contribution < -0.4 is 0 Å². The molecule has 0 bridgehead atoms. The number of carbonyl (C=O) groups excluding carboxylic acids is 1. The average molecular weight is 241 g/mol. The predicted octanol–water partition coefficient (Wildman–Crippen LogP) is 0.829. The molecule has 0 amide bonds. The average Bonchev–Trinajstić information content (AvgIpc) is 2.77. The fraction of sp³-hybridized carbons (Fsp3) is 0.923. The van der Waals surface area contributed by atoms with Crippen molar-refractivity contribution in [2.75, 3.05) is 32.9 Å². The van der Waals surface area contributed by atoms with Gasteiger partial charge in [0.2, 0.25) is 0 Å². The first-order chi connectivity index (χ1) is 8.31. The maximum Gasteiger partial charge on any atom is 0.141 e. The SMILES string of the molecule is O=C1CCOCC1CN1CCCC1CCCO. The van der Waals surface area contributed by atoms with Crippen LogP contribution in [-0.2, 0) is 9.53 Å². The van der Waals surface area contributed by atoms with Crippen molar-refractivity contribution in [3.05, 3.63) is 0 Å². The molecule has 17 heavy (non-hydrogen) atoms. The monoisotopic (exact) mass is 241 g/mol. The van der Waals surface area contributed by atoms with Crippen molar-refractivity contribution in [3.63, 3.8) is 0 Å². The van der Waals surface area contributed by atoms with E-state index < -0.39 is 0 Å². The maximum absolute atomic E-state index is 11.8. The van der Waals surface area contributed by atoms with E-state index in [1.165, 1.54) is 12.8 Å². The Morgan fingerprint density at radius 3 is 3.12 bits per heavy atom.